The van der Waals surface area contributed by atoms with Gasteiger partial charge in [-0.05, 0) is 31.4 Å². The van der Waals surface area contributed by atoms with E-state index in [0.717, 1.165) is 17.1 Å². The van der Waals surface area contributed by atoms with Gasteiger partial charge in [-0.25, -0.2) is 0 Å². The molecule has 0 spiro atoms. The molecule has 2 nitrogen and oxygen atoms in total. The summed E-state index contributed by atoms with van der Waals surface area (Å²) in [7, 11) is 0. The molecule has 3 heteroatoms. The molecular formula is C16H24ClNO. The van der Waals surface area contributed by atoms with Crippen LogP contribution in [0.2, 0.25) is 5.02 Å². The fraction of sp³-hybridized carbons (Fsp3) is 0.625. The molecular weight excluding hydrogens is 258 g/mol. The van der Waals surface area contributed by atoms with Crippen molar-refractivity contribution < 1.29 is 4.74 Å². The van der Waals surface area contributed by atoms with Crippen LogP contribution in [-0.4, -0.2) is 18.7 Å². The minimum atomic E-state index is 0.221. The zero-order chi connectivity index (χ0) is 13.5. The number of hydrogen-bond acceptors (Lipinski definition) is 2. The van der Waals surface area contributed by atoms with E-state index in [4.69, 9.17) is 16.3 Å². The van der Waals surface area contributed by atoms with Crippen molar-refractivity contribution in [2.75, 3.05) is 6.54 Å². The van der Waals surface area contributed by atoms with Crippen molar-refractivity contribution in [1.29, 1.82) is 0 Å². The Balaban J connectivity index is 1.66. The molecule has 106 valence electrons. The minimum absolute atomic E-state index is 0.221. The summed E-state index contributed by atoms with van der Waals surface area (Å²) in [4.78, 5) is 0. The highest BCUT2D eigenvalue weighted by Crippen LogP contribution is 2.18. The summed E-state index contributed by atoms with van der Waals surface area (Å²) < 4.78 is 5.85. The summed E-state index contributed by atoms with van der Waals surface area (Å²) in [5.41, 5.74) is 1.06. The maximum Gasteiger partial charge on any atom is 0.0735 e. The van der Waals surface area contributed by atoms with Crippen molar-refractivity contribution in [2.45, 2.75) is 57.8 Å². The number of hydrogen-bond donors (Lipinski definition) is 1. The molecule has 1 aromatic carbocycles. The van der Waals surface area contributed by atoms with Crippen LogP contribution in [0.4, 0.5) is 0 Å². The lowest BCUT2D eigenvalue weighted by Crippen LogP contribution is -2.36. The minimum Gasteiger partial charge on any atom is -0.372 e. The SMILES string of the molecule is CC(CNC1CCCCC1)OCc1ccccc1Cl. The van der Waals surface area contributed by atoms with Gasteiger partial charge in [-0.15, -0.1) is 0 Å². The number of halogens is 1. The standard InChI is InChI=1S/C16H24ClNO/c1-13(11-18-15-8-3-2-4-9-15)19-12-14-7-5-6-10-16(14)17/h5-7,10,13,15,18H,2-4,8-9,11-12H2,1H3. The molecule has 0 radical (unpaired) electrons. The Morgan fingerprint density at radius 3 is 2.74 bits per heavy atom. The molecule has 1 aliphatic rings. The Bertz CT molecular complexity index is 377. The van der Waals surface area contributed by atoms with Crippen LogP contribution < -0.4 is 5.32 Å². The predicted molar refractivity (Wildman–Crippen MR) is 80.6 cm³/mol. The van der Waals surface area contributed by atoms with Gasteiger partial charge in [0.05, 0.1) is 12.7 Å². The summed E-state index contributed by atoms with van der Waals surface area (Å²) in [6.45, 7) is 3.63. The molecule has 1 aromatic rings. The second-order valence-corrected chi connectivity index (χ2v) is 5.86. The normalized spacial score (nSPS) is 18.4. The first-order valence-corrected chi connectivity index (χ1v) is 7.72. The Hall–Kier alpha value is -0.570. The Labute approximate surface area is 121 Å². The van der Waals surface area contributed by atoms with Crippen molar-refractivity contribution in [3.05, 3.63) is 34.9 Å². The second kappa shape index (κ2) is 7.88. The van der Waals surface area contributed by atoms with Crippen molar-refractivity contribution in [1.82, 2.24) is 5.32 Å². The molecule has 1 unspecified atom stereocenters. The van der Waals surface area contributed by atoms with Crippen LogP contribution in [0.25, 0.3) is 0 Å². The van der Waals surface area contributed by atoms with Crippen LogP contribution in [-0.2, 0) is 11.3 Å². The molecule has 1 atom stereocenters. The third kappa shape index (κ3) is 5.13. The summed E-state index contributed by atoms with van der Waals surface area (Å²) in [6.07, 6.45) is 6.99. The van der Waals surface area contributed by atoms with E-state index in [2.05, 4.69) is 12.2 Å². The molecule has 1 N–H and O–H groups in total. The van der Waals surface area contributed by atoms with E-state index in [9.17, 15) is 0 Å². The molecule has 1 saturated carbocycles. The Morgan fingerprint density at radius 2 is 2.00 bits per heavy atom. The number of ether oxygens (including phenoxy) is 1. The van der Waals surface area contributed by atoms with Crippen molar-refractivity contribution in [2.24, 2.45) is 0 Å². The third-order valence-electron chi connectivity index (χ3n) is 3.78. The molecule has 0 amide bonds. The summed E-state index contributed by atoms with van der Waals surface area (Å²) >= 11 is 6.11. The zero-order valence-corrected chi connectivity index (χ0v) is 12.5. The van der Waals surface area contributed by atoms with Crippen LogP contribution in [0.5, 0.6) is 0 Å². The van der Waals surface area contributed by atoms with E-state index < -0.39 is 0 Å². The first-order valence-electron chi connectivity index (χ1n) is 7.34. The Morgan fingerprint density at radius 1 is 1.26 bits per heavy atom. The van der Waals surface area contributed by atoms with E-state index in [1.807, 2.05) is 24.3 Å². The molecule has 0 aromatic heterocycles. The van der Waals surface area contributed by atoms with Crippen molar-refractivity contribution in [3.8, 4) is 0 Å². The highest BCUT2D eigenvalue weighted by molar-refractivity contribution is 6.31. The molecule has 0 bridgehead atoms. The lowest BCUT2D eigenvalue weighted by atomic mass is 9.95. The van der Waals surface area contributed by atoms with Gasteiger partial charge in [-0.3, -0.25) is 0 Å². The molecule has 1 aliphatic carbocycles. The molecule has 1 fully saturated rings. The van der Waals surface area contributed by atoms with Gasteiger partial charge in [0.2, 0.25) is 0 Å². The van der Waals surface area contributed by atoms with E-state index in [1.54, 1.807) is 0 Å². The molecule has 19 heavy (non-hydrogen) atoms. The molecule has 2 rings (SSSR count). The van der Waals surface area contributed by atoms with Gasteiger partial charge in [0.1, 0.15) is 0 Å². The van der Waals surface area contributed by atoms with E-state index in [-0.39, 0.29) is 6.10 Å². The van der Waals surface area contributed by atoms with Crippen LogP contribution in [0.3, 0.4) is 0 Å². The number of nitrogens with one attached hydrogen (secondary N) is 1. The third-order valence-corrected chi connectivity index (χ3v) is 4.15. The molecule has 0 aliphatic heterocycles. The zero-order valence-electron chi connectivity index (χ0n) is 11.7. The van der Waals surface area contributed by atoms with Crippen molar-refractivity contribution in [3.63, 3.8) is 0 Å². The van der Waals surface area contributed by atoms with E-state index in [0.29, 0.717) is 12.6 Å². The van der Waals surface area contributed by atoms with Gasteiger partial charge in [0.15, 0.2) is 0 Å². The fourth-order valence-electron chi connectivity index (χ4n) is 2.55. The number of benzene rings is 1. The first kappa shape index (κ1) is 14.8. The average molecular weight is 282 g/mol. The lowest BCUT2D eigenvalue weighted by Gasteiger charge is -2.24. The molecule has 0 saturated heterocycles. The maximum atomic E-state index is 6.11. The van der Waals surface area contributed by atoms with Crippen LogP contribution in [0.15, 0.2) is 24.3 Å². The highest BCUT2D eigenvalue weighted by Gasteiger charge is 2.13. The lowest BCUT2D eigenvalue weighted by molar-refractivity contribution is 0.0504. The first-order chi connectivity index (χ1) is 9.25. The molecule has 0 heterocycles. The van der Waals surface area contributed by atoms with E-state index >= 15 is 0 Å². The fourth-order valence-corrected chi connectivity index (χ4v) is 2.74. The number of rotatable bonds is 6. The predicted octanol–water partition coefficient (Wildman–Crippen LogP) is 4.17. The second-order valence-electron chi connectivity index (χ2n) is 5.46. The monoisotopic (exact) mass is 281 g/mol. The van der Waals surface area contributed by atoms with Gasteiger partial charge < -0.3 is 10.1 Å². The van der Waals surface area contributed by atoms with Crippen LogP contribution in [0.1, 0.15) is 44.6 Å². The quantitative estimate of drug-likeness (QED) is 0.845. The van der Waals surface area contributed by atoms with Crippen LogP contribution in [0, 0.1) is 0 Å². The maximum absolute atomic E-state index is 6.11. The summed E-state index contributed by atoms with van der Waals surface area (Å²) in [6, 6.07) is 8.56. The van der Waals surface area contributed by atoms with Gasteiger partial charge in [-0.2, -0.15) is 0 Å². The average Bonchev–Trinajstić information content (AvgIpc) is 2.45. The topological polar surface area (TPSA) is 21.3 Å². The van der Waals surface area contributed by atoms with Crippen molar-refractivity contribution >= 4 is 11.6 Å². The van der Waals surface area contributed by atoms with E-state index in [1.165, 1.54) is 32.1 Å². The van der Waals surface area contributed by atoms with Crippen LogP contribution >= 0.6 is 11.6 Å². The summed E-state index contributed by atoms with van der Waals surface area (Å²) in [5.74, 6) is 0. The van der Waals surface area contributed by atoms with Gasteiger partial charge in [0, 0.05) is 17.6 Å². The van der Waals surface area contributed by atoms with Gasteiger partial charge in [0.25, 0.3) is 0 Å². The summed E-state index contributed by atoms with van der Waals surface area (Å²) in [5, 5.41) is 4.40. The van der Waals surface area contributed by atoms with Gasteiger partial charge in [-0.1, -0.05) is 49.1 Å². The Kier molecular flexibility index (Phi) is 6.15. The largest absolute Gasteiger partial charge is 0.372 e. The van der Waals surface area contributed by atoms with Gasteiger partial charge >= 0.3 is 0 Å². The smallest absolute Gasteiger partial charge is 0.0735 e. The highest BCUT2D eigenvalue weighted by atomic mass is 35.5.